The summed E-state index contributed by atoms with van der Waals surface area (Å²) in [6.45, 7) is 3.96. The van der Waals surface area contributed by atoms with E-state index < -0.39 is 18.5 Å². The van der Waals surface area contributed by atoms with Gasteiger partial charge in [-0.1, -0.05) is 0 Å². The van der Waals surface area contributed by atoms with E-state index in [0.717, 1.165) is 12.1 Å². The zero-order valence-corrected chi connectivity index (χ0v) is 14.8. The van der Waals surface area contributed by atoms with Crippen molar-refractivity contribution in [2.45, 2.75) is 20.3 Å². The zero-order chi connectivity index (χ0) is 18.9. The first-order valence-electron chi connectivity index (χ1n) is 7.54. The van der Waals surface area contributed by atoms with Crippen molar-refractivity contribution in [1.82, 2.24) is 0 Å². The van der Waals surface area contributed by atoms with Gasteiger partial charge < -0.3 is 18.9 Å². The van der Waals surface area contributed by atoms with Gasteiger partial charge in [0.1, 0.15) is 5.75 Å². The van der Waals surface area contributed by atoms with Gasteiger partial charge in [0, 0.05) is 6.07 Å². The maximum Gasteiger partial charge on any atom is 0.336 e. The van der Waals surface area contributed by atoms with Crippen LogP contribution in [0.25, 0.3) is 0 Å². The van der Waals surface area contributed by atoms with Crippen LogP contribution in [0, 0.1) is 10.1 Å². The summed E-state index contributed by atoms with van der Waals surface area (Å²) in [7, 11) is -3.15. The number of carbonyl (C=O) groups is 1. The Morgan fingerprint density at radius 2 is 1.92 bits per heavy atom. The number of benzene rings is 1. The molecule has 25 heavy (non-hydrogen) atoms. The number of nitrogens with zero attached hydrogens (tertiary/aromatic N) is 1. The number of nitro benzene ring substituents is 1. The number of ether oxygens (including phenoxy) is 1. The van der Waals surface area contributed by atoms with Gasteiger partial charge in [-0.2, -0.15) is 0 Å². The third kappa shape index (κ3) is 7.04. The molecule has 0 saturated carbocycles. The molecule has 1 N–H and O–H groups in total. The molecular formula is C15H20NO8P. The lowest BCUT2D eigenvalue weighted by Crippen LogP contribution is -2.00. The summed E-state index contributed by atoms with van der Waals surface area (Å²) in [6.07, 6.45) is 3.28. The summed E-state index contributed by atoms with van der Waals surface area (Å²) in [5.41, 5.74) is -0.643. The lowest BCUT2D eigenvalue weighted by atomic mass is 10.2. The normalized spacial score (nSPS) is 11.6. The van der Waals surface area contributed by atoms with Crippen molar-refractivity contribution in [3.63, 3.8) is 0 Å². The number of hydrogen-bond acceptors (Lipinski definition) is 7. The topological polar surface area (TPSA) is 125 Å². The zero-order valence-electron chi connectivity index (χ0n) is 13.9. The van der Waals surface area contributed by atoms with Crippen LogP contribution in [0.5, 0.6) is 5.75 Å². The van der Waals surface area contributed by atoms with Crippen LogP contribution in [0.1, 0.15) is 30.6 Å². The lowest BCUT2D eigenvalue weighted by Gasteiger charge is -2.15. The fourth-order valence-corrected chi connectivity index (χ4v) is 3.45. The Morgan fingerprint density at radius 3 is 2.44 bits per heavy atom. The average Bonchev–Trinajstić information content (AvgIpc) is 2.54. The van der Waals surface area contributed by atoms with E-state index in [1.165, 1.54) is 12.3 Å². The van der Waals surface area contributed by atoms with Gasteiger partial charge in [-0.25, -0.2) is 4.79 Å². The van der Waals surface area contributed by atoms with Crippen LogP contribution in [-0.4, -0.2) is 35.4 Å². The van der Waals surface area contributed by atoms with E-state index in [-0.39, 0.29) is 36.4 Å². The van der Waals surface area contributed by atoms with Crippen LogP contribution in [-0.2, 0) is 13.6 Å². The molecule has 138 valence electrons. The van der Waals surface area contributed by atoms with Crippen molar-refractivity contribution in [2.24, 2.45) is 0 Å². The van der Waals surface area contributed by atoms with Gasteiger partial charge in [0.15, 0.2) is 0 Å². The fourth-order valence-electron chi connectivity index (χ4n) is 1.87. The summed E-state index contributed by atoms with van der Waals surface area (Å²) in [5.74, 6) is -1.28. The second kappa shape index (κ2) is 9.93. The number of rotatable bonds is 11. The van der Waals surface area contributed by atoms with Gasteiger partial charge in [0.2, 0.25) is 0 Å². The molecule has 0 aliphatic rings. The van der Waals surface area contributed by atoms with Crippen molar-refractivity contribution < 1.29 is 33.2 Å². The van der Waals surface area contributed by atoms with Gasteiger partial charge in [0.25, 0.3) is 5.69 Å². The second-order valence-electron chi connectivity index (χ2n) is 4.73. The van der Waals surface area contributed by atoms with Gasteiger partial charge in [-0.15, -0.1) is 0 Å². The smallest absolute Gasteiger partial charge is 0.336 e. The van der Waals surface area contributed by atoms with Crippen LogP contribution in [0.3, 0.4) is 0 Å². The Balaban J connectivity index is 2.71. The van der Waals surface area contributed by atoms with Crippen molar-refractivity contribution in [2.75, 3.05) is 19.4 Å². The second-order valence-corrected chi connectivity index (χ2v) is 6.91. The van der Waals surface area contributed by atoms with Gasteiger partial charge in [-0.05, 0) is 32.4 Å². The Labute approximate surface area is 144 Å². The van der Waals surface area contributed by atoms with E-state index in [2.05, 4.69) is 0 Å². The number of aromatic carboxylic acids is 1. The van der Waals surface area contributed by atoms with Crippen LogP contribution >= 0.6 is 7.60 Å². The van der Waals surface area contributed by atoms with E-state index in [9.17, 15) is 19.5 Å². The summed E-state index contributed by atoms with van der Waals surface area (Å²) in [6, 6.07) is 3.23. The predicted octanol–water partition coefficient (Wildman–Crippen LogP) is 3.84. The molecule has 1 rings (SSSR count). The van der Waals surface area contributed by atoms with Gasteiger partial charge in [0.05, 0.1) is 42.2 Å². The first kappa shape index (κ1) is 20.8. The molecule has 0 radical (unpaired) electrons. The van der Waals surface area contributed by atoms with Crippen LogP contribution < -0.4 is 4.74 Å². The van der Waals surface area contributed by atoms with Crippen LogP contribution in [0.15, 0.2) is 30.5 Å². The molecule has 1 aromatic carbocycles. The van der Waals surface area contributed by atoms with Crippen LogP contribution in [0.4, 0.5) is 5.69 Å². The number of non-ortho nitro benzene ring substituents is 1. The Hall–Kier alpha value is -2.22. The predicted molar refractivity (Wildman–Crippen MR) is 90.2 cm³/mol. The van der Waals surface area contributed by atoms with Crippen molar-refractivity contribution in [1.29, 1.82) is 0 Å². The number of allylic oxidation sites excluding steroid dienone is 1. The third-order valence-electron chi connectivity index (χ3n) is 2.87. The highest BCUT2D eigenvalue weighted by Gasteiger charge is 2.21. The fraction of sp³-hybridized carbons (Fsp3) is 0.400. The molecule has 1 aromatic rings. The summed E-state index contributed by atoms with van der Waals surface area (Å²) in [4.78, 5) is 21.1. The number of nitro groups is 1. The van der Waals surface area contributed by atoms with E-state index in [1.807, 2.05) is 0 Å². The number of carboxylic acids is 1. The first-order chi connectivity index (χ1) is 11.8. The minimum atomic E-state index is -3.15. The molecule has 0 spiro atoms. The van der Waals surface area contributed by atoms with E-state index >= 15 is 0 Å². The Kier molecular flexibility index (Phi) is 8.27. The Bertz CT molecular complexity index is 646. The van der Waals surface area contributed by atoms with Crippen molar-refractivity contribution in [3.05, 3.63) is 46.2 Å². The summed E-state index contributed by atoms with van der Waals surface area (Å²) in [5, 5.41) is 19.8. The largest absolute Gasteiger partial charge is 0.478 e. The number of carboxylic acid groups (broad SMARTS) is 1. The molecule has 0 aromatic heterocycles. The third-order valence-corrected chi connectivity index (χ3v) is 4.98. The molecule has 0 saturated heterocycles. The molecular weight excluding hydrogens is 353 g/mol. The van der Waals surface area contributed by atoms with Crippen molar-refractivity contribution in [3.8, 4) is 5.75 Å². The minimum absolute atomic E-state index is 0.0145. The highest BCUT2D eigenvalue weighted by atomic mass is 31.2. The molecule has 0 bridgehead atoms. The maximum atomic E-state index is 12.2. The average molecular weight is 373 g/mol. The molecule has 10 heteroatoms. The molecule has 0 unspecified atom stereocenters. The first-order valence-corrected chi connectivity index (χ1v) is 9.26. The van der Waals surface area contributed by atoms with Gasteiger partial charge in [-0.3, -0.25) is 14.7 Å². The molecule has 0 amide bonds. The van der Waals surface area contributed by atoms with Crippen molar-refractivity contribution >= 4 is 19.3 Å². The monoisotopic (exact) mass is 373 g/mol. The molecule has 0 fully saturated rings. The Morgan fingerprint density at radius 1 is 1.28 bits per heavy atom. The summed E-state index contributed by atoms with van der Waals surface area (Å²) < 4.78 is 27.7. The number of hydrogen-bond donors (Lipinski definition) is 1. The molecule has 0 atom stereocenters. The minimum Gasteiger partial charge on any atom is -0.478 e. The van der Waals surface area contributed by atoms with Gasteiger partial charge >= 0.3 is 13.6 Å². The lowest BCUT2D eigenvalue weighted by molar-refractivity contribution is -0.384. The molecule has 0 aliphatic heterocycles. The van der Waals surface area contributed by atoms with Crippen LogP contribution in [0.2, 0.25) is 0 Å². The SMILES string of the molecule is CCOP(=O)(CC/C=C/Oc1cc(C(=O)O)cc([N+](=O)[O-])c1)OCC. The quantitative estimate of drug-likeness (QED) is 0.268. The molecule has 0 heterocycles. The molecule has 0 aliphatic carbocycles. The standard InChI is InChI=1S/C15H20NO8P/c1-3-23-25(21,24-4-2)8-6-5-7-22-14-10-12(15(17)18)9-13(11-14)16(19)20/h5,7,9-11H,3-4,6,8H2,1-2H3,(H,17,18)/b7-5+. The van der Waals surface area contributed by atoms with E-state index in [4.69, 9.17) is 18.9 Å². The highest BCUT2D eigenvalue weighted by molar-refractivity contribution is 7.53. The van der Waals surface area contributed by atoms with E-state index in [0.29, 0.717) is 6.42 Å². The van der Waals surface area contributed by atoms with E-state index in [1.54, 1.807) is 19.9 Å². The maximum absolute atomic E-state index is 12.2. The highest BCUT2D eigenvalue weighted by Crippen LogP contribution is 2.48. The molecule has 9 nitrogen and oxygen atoms in total. The summed E-state index contributed by atoms with van der Waals surface area (Å²) >= 11 is 0.